The monoisotopic (exact) mass is 285 g/mol. The summed E-state index contributed by atoms with van der Waals surface area (Å²) >= 11 is 0. The summed E-state index contributed by atoms with van der Waals surface area (Å²) in [5.74, 6) is 0.638. The molecule has 3 fully saturated rings. The molecule has 4 rings (SSSR count). The molecular weight excluding hydrogens is 258 g/mol. The molecule has 1 saturated heterocycles. The molecular formula is C19H27NO. The molecule has 2 N–H and O–H groups in total. The van der Waals surface area contributed by atoms with Crippen molar-refractivity contribution in [1.29, 1.82) is 0 Å². The van der Waals surface area contributed by atoms with Gasteiger partial charge in [-0.1, -0.05) is 43.2 Å². The van der Waals surface area contributed by atoms with Gasteiger partial charge in [0.1, 0.15) is 0 Å². The highest BCUT2D eigenvalue weighted by Crippen LogP contribution is 2.54. The first-order chi connectivity index (χ1) is 10.2. The summed E-state index contributed by atoms with van der Waals surface area (Å²) in [5, 5.41) is 0. The molecule has 1 aromatic rings. The van der Waals surface area contributed by atoms with Crippen LogP contribution in [0.25, 0.3) is 0 Å². The fraction of sp³-hybridized carbons (Fsp3) is 0.684. The van der Waals surface area contributed by atoms with Crippen LogP contribution in [0.4, 0.5) is 0 Å². The highest BCUT2D eigenvalue weighted by molar-refractivity contribution is 5.34. The first kappa shape index (κ1) is 13.8. The van der Waals surface area contributed by atoms with Crippen molar-refractivity contribution in [3.8, 4) is 0 Å². The van der Waals surface area contributed by atoms with Gasteiger partial charge in [0.15, 0.2) is 0 Å². The first-order valence-electron chi connectivity index (χ1n) is 8.69. The topological polar surface area (TPSA) is 35.2 Å². The van der Waals surface area contributed by atoms with E-state index in [0.717, 1.165) is 13.0 Å². The van der Waals surface area contributed by atoms with Crippen molar-refractivity contribution in [3.05, 3.63) is 35.9 Å². The summed E-state index contributed by atoms with van der Waals surface area (Å²) in [6, 6.07) is 11.3. The van der Waals surface area contributed by atoms with Crippen molar-refractivity contribution in [2.45, 2.75) is 68.4 Å². The number of hydrogen-bond donors (Lipinski definition) is 1. The Bertz CT molecular complexity index is 488. The minimum Gasteiger partial charge on any atom is -0.375 e. The molecule has 2 heteroatoms. The van der Waals surface area contributed by atoms with Crippen LogP contribution in [-0.2, 0) is 10.2 Å². The smallest absolute Gasteiger partial charge is 0.0685 e. The van der Waals surface area contributed by atoms with Crippen molar-refractivity contribution in [3.63, 3.8) is 0 Å². The molecule has 2 nitrogen and oxygen atoms in total. The number of hydrogen-bond acceptors (Lipinski definition) is 2. The molecule has 1 spiro atoms. The summed E-state index contributed by atoms with van der Waals surface area (Å²) in [6.45, 7) is 0.920. The Morgan fingerprint density at radius 3 is 2.43 bits per heavy atom. The fourth-order valence-corrected chi connectivity index (χ4v) is 4.91. The first-order valence-corrected chi connectivity index (χ1v) is 8.69. The maximum absolute atomic E-state index is 6.82. The summed E-state index contributed by atoms with van der Waals surface area (Å²) in [6.07, 6.45) is 10.1. The summed E-state index contributed by atoms with van der Waals surface area (Å²) in [4.78, 5) is 0. The van der Waals surface area contributed by atoms with Crippen LogP contribution in [0.3, 0.4) is 0 Å². The normalized spacial score (nSPS) is 31.2. The van der Waals surface area contributed by atoms with Crippen molar-refractivity contribution in [1.82, 2.24) is 0 Å². The Hall–Kier alpha value is -0.860. The largest absolute Gasteiger partial charge is 0.375 e. The predicted octanol–water partition coefficient (Wildman–Crippen LogP) is 3.78. The Morgan fingerprint density at radius 2 is 1.76 bits per heavy atom. The third kappa shape index (κ3) is 2.33. The van der Waals surface area contributed by atoms with Crippen LogP contribution in [-0.4, -0.2) is 18.2 Å². The molecule has 21 heavy (non-hydrogen) atoms. The van der Waals surface area contributed by atoms with Crippen molar-refractivity contribution >= 4 is 0 Å². The maximum atomic E-state index is 6.82. The van der Waals surface area contributed by atoms with E-state index in [-0.39, 0.29) is 11.0 Å². The Labute approximate surface area is 128 Å². The minimum atomic E-state index is 0.188. The lowest BCUT2D eigenvalue weighted by Crippen LogP contribution is -2.48. The average molecular weight is 285 g/mol. The summed E-state index contributed by atoms with van der Waals surface area (Å²) in [5.41, 5.74) is 8.73. The van der Waals surface area contributed by atoms with E-state index in [0.29, 0.717) is 12.0 Å². The van der Waals surface area contributed by atoms with Crippen molar-refractivity contribution < 1.29 is 4.74 Å². The number of benzene rings is 1. The third-order valence-electron chi connectivity index (χ3n) is 6.33. The van der Waals surface area contributed by atoms with Gasteiger partial charge in [0.2, 0.25) is 0 Å². The van der Waals surface area contributed by atoms with Gasteiger partial charge >= 0.3 is 0 Å². The molecule has 2 atom stereocenters. The molecule has 0 amide bonds. The number of ether oxygens (including phenoxy) is 1. The second kappa shape index (κ2) is 5.10. The highest BCUT2D eigenvalue weighted by atomic mass is 16.5. The van der Waals surface area contributed by atoms with E-state index in [1.807, 2.05) is 0 Å². The molecule has 2 saturated carbocycles. The second-order valence-corrected chi connectivity index (χ2v) is 7.54. The van der Waals surface area contributed by atoms with Crippen LogP contribution in [0.15, 0.2) is 30.3 Å². The van der Waals surface area contributed by atoms with Gasteiger partial charge in [-0.25, -0.2) is 0 Å². The lowest BCUT2D eigenvalue weighted by atomic mass is 9.73. The molecule has 1 heterocycles. The van der Waals surface area contributed by atoms with Crippen LogP contribution in [0, 0.1) is 5.92 Å². The van der Waals surface area contributed by atoms with Crippen LogP contribution in [0.5, 0.6) is 0 Å². The van der Waals surface area contributed by atoms with Crippen molar-refractivity contribution in [2.24, 2.45) is 11.7 Å². The summed E-state index contributed by atoms with van der Waals surface area (Å²) in [7, 11) is 0. The predicted molar refractivity (Wildman–Crippen MR) is 85.2 cm³/mol. The van der Waals surface area contributed by atoms with E-state index in [1.54, 1.807) is 0 Å². The van der Waals surface area contributed by atoms with E-state index in [1.165, 1.54) is 50.5 Å². The second-order valence-electron chi connectivity index (χ2n) is 7.54. The molecule has 114 valence electrons. The molecule has 0 bridgehead atoms. The standard InChI is InChI=1S/C19H27NO/c20-17(19(11-12-19)16-6-2-1-3-7-16)15-8-13-21-18(14-15)9-4-5-10-18/h1-3,6-7,15,17H,4-5,8-14,20H2. The van der Waals surface area contributed by atoms with Gasteiger partial charge in [0.05, 0.1) is 5.60 Å². The average Bonchev–Trinajstić information content (AvgIpc) is 3.24. The lowest BCUT2D eigenvalue weighted by Gasteiger charge is -2.42. The SMILES string of the molecule is NC(C1CCOC2(CCCC2)C1)C1(c2ccccc2)CC1. The Balaban J connectivity index is 1.53. The van der Waals surface area contributed by atoms with E-state index in [9.17, 15) is 0 Å². The van der Waals surface area contributed by atoms with Gasteiger partial charge in [-0.05, 0) is 50.0 Å². The highest BCUT2D eigenvalue weighted by Gasteiger charge is 2.53. The Morgan fingerprint density at radius 1 is 1.05 bits per heavy atom. The zero-order valence-corrected chi connectivity index (χ0v) is 12.9. The van der Waals surface area contributed by atoms with Crippen LogP contribution < -0.4 is 5.73 Å². The summed E-state index contributed by atoms with van der Waals surface area (Å²) < 4.78 is 6.19. The molecule has 2 aliphatic carbocycles. The fourth-order valence-electron chi connectivity index (χ4n) is 4.91. The molecule has 0 radical (unpaired) electrons. The van der Waals surface area contributed by atoms with Crippen LogP contribution in [0.1, 0.15) is 56.9 Å². The van der Waals surface area contributed by atoms with E-state index in [2.05, 4.69) is 30.3 Å². The number of rotatable bonds is 3. The van der Waals surface area contributed by atoms with E-state index in [4.69, 9.17) is 10.5 Å². The number of nitrogens with two attached hydrogens (primary N) is 1. The molecule has 1 aromatic carbocycles. The Kier molecular flexibility index (Phi) is 3.35. The lowest BCUT2D eigenvalue weighted by molar-refractivity contribution is -0.0978. The van der Waals surface area contributed by atoms with Crippen molar-refractivity contribution in [2.75, 3.05) is 6.61 Å². The van der Waals surface area contributed by atoms with Gasteiger partial charge in [0, 0.05) is 18.1 Å². The van der Waals surface area contributed by atoms with Gasteiger partial charge in [-0.15, -0.1) is 0 Å². The van der Waals surface area contributed by atoms with Crippen LogP contribution in [0.2, 0.25) is 0 Å². The molecule has 2 unspecified atom stereocenters. The van der Waals surface area contributed by atoms with Gasteiger partial charge in [-0.3, -0.25) is 0 Å². The third-order valence-corrected chi connectivity index (χ3v) is 6.33. The molecule has 0 aromatic heterocycles. The zero-order valence-electron chi connectivity index (χ0n) is 12.9. The van der Waals surface area contributed by atoms with E-state index >= 15 is 0 Å². The van der Waals surface area contributed by atoms with Gasteiger partial charge in [-0.2, -0.15) is 0 Å². The molecule has 3 aliphatic rings. The minimum absolute atomic E-state index is 0.188. The van der Waals surface area contributed by atoms with Crippen LogP contribution >= 0.6 is 0 Å². The quantitative estimate of drug-likeness (QED) is 0.917. The zero-order chi connectivity index (χ0) is 14.3. The van der Waals surface area contributed by atoms with Gasteiger partial charge in [0.25, 0.3) is 0 Å². The van der Waals surface area contributed by atoms with E-state index < -0.39 is 0 Å². The van der Waals surface area contributed by atoms with Gasteiger partial charge < -0.3 is 10.5 Å². The molecule has 1 aliphatic heterocycles. The maximum Gasteiger partial charge on any atom is 0.0685 e.